The summed E-state index contributed by atoms with van der Waals surface area (Å²) < 4.78 is 13.8. The van der Waals surface area contributed by atoms with Crippen molar-refractivity contribution in [1.82, 2.24) is 14.7 Å². The lowest BCUT2D eigenvalue weighted by Crippen LogP contribution is -2.48. The Bertz CT molecular complexity index is 1900. The number of fused-ring (bicyclic) bond motifs is 1. The minimum Gasteiger partial charge on any atom is -0.492 e. The lowest BCUT2D eigenvalue weighted by atomic mass is 9.86. The number of anilines is 3. The number of benzene rings is 4. The summed E-state index contributed by atoms with van der Waals surface area (Å²) in [6.07, 6.45) is 1.13. The van der Waals surface area contributed by atoms with Crippen LogP contribution in [-0.4, -0.2) is 65.6 Å². The maximum Gasteiger partial charge on any atom is 0.324 e. The Balaban J connectivity index is 1.08. The summed E-state index contributed by atoms with van der Waals surface area (Å²) in [5.74, 6) is 1.13. The highest BCUT2D eigenvalue weighted by Crippen LogP contribution is 2.32. The number of aryl methyl sites for hydroxylation is 1. The minimum atomic E-state index is -0.549. The van der Waals surface area contributed by atoms with Crippen molar-refractivity contribution in [2.45, 2.75) is 39.2 Å². The van der Waals surface area contributed by atoms with Crippen molar-refractivity contribution >= 4 is 39.9 Å². The molecule has 2 heterocycles. The molecule has 3 N–H and O–H groups in total. The van der Waals surface area contributed by atoms with E-state index in [1.54, 1.807) is 16.9 Å². The van der Waals surface area contributed by atoms with Crippen LogP contribution < -0.4 is 20.7 Å². The van der Waals surface area contributed by atoms with E-state index in [0.717, 1.165) is 40.0 Å². The van der Waals surface area contributed by atoms with Gasteiger partial charge < -0.3 is 20.1 Å². The van der Waals surface area contributed by atoms with Gasteiger partial charge in [0, 0.05) is 42.2 Å². The van der Waals surface area contributed by atoms with E-state index >= 15 is 0 Å². The lowest BCUT2D eigenvalue weighted by Gasteiger charge is -2.32. The second-order valence-electron chi connectivity index (χ2n) is 13.0. The average molecular weight is 647 g/mol. The van der Waals surface area contributed by atoms with Gasteiger partial charge >= 0.3 is 6.03 Å². The van der Waals surface area contributed by atoms with Crippen LogP contribution >= 0.6 is 0 Å². The maximum atomic E-state index is 13.3. The molecule has 1 unspecified atom stereocenters. The Labute approximate surface area is 281 Å². The zero-order chi connectivity index (χ0) is 33.7. The molecule has 1 aromatic heterocycles. The molecular formula is C38H42N6O4. The van der Waals surface area contributed by atoms with Crippen LogP contribution in [0.2, 0.25) is 0 Å². The molecule has 48 heavy (non-hydrogen) atoms. The fourth-order valence-electron chi connectivity index (χ4n) is 5.76. The van der Waals surface area contributed by atoms with Crippen molar-refractivity contribution in [3.63, 3.8) is 0 Å². The molecule has 1 aliphatic rings. The molecule has 1 fully saturated rings. The Morgan fingerprint density at radius 3 is 2.48 bits per heavy atom. The highest BCUT2D eigenvalue weighted by molar-refractivity contribution is 6.07. The molecule has 4 aromatic carbocycles. The van der Waals surface area contributed by atoms with E-state index in [1.165, 1.54) is 5.56 Å². The first-order chi connectivity index (χ1) is 23.2. The molecule has 248 valence electrons. The number of urea groups is 1. The van der Waals surface area contributed by atoms with Crippen LogP contribution in [0.25, 0.3) is 16.5 Å². The van der Waals surface area contributed by atoms with Gasteiger partial charge in [-0.15, -0.1) is 0 Å². The molecule has 10 heteroatoms. The molecule has 1 atom stereocenters. The molecule has 6 rings (SSSR count). The SMILES string of the molecule is Cc1ccc(C(C)(C)C)cc1-n1nccc1NC(=O)Nc1ccc(OCCN2CCOC(C(=O)Nc3ccccc3)C2)c2ccccc12. The fraction of sp³-hybridized carbons (Fsp3) is 0.289. The van der Waals surface area contributed by atoms with Gasteiger partial charge in [0.15, 0.2) is 0 Å². The van der Waals surface area contributed by atoms with Gasteiger partial charge in [-0.2, -0.15) is 5.10 Å². The Hall–Kier alpha value is -5.19. The van der Waals surface area contributed by atoms with E-state index in [1.807, 2.05) is 73.7 Å². The number of para-hydroxylation sites is 1. The molecule has 10 nitrogen and oxygen atoms in total. The average Bonchev–Trinajstić information content (AvgIpc) is 3.53. The number of hydrogen-bond donors (Lipinski definition) is 3. The van der Waals surface area contributed by atoms with Gasteiger partial charge in [0.05, 0.1) is 24.2 Å². The quantitative estimate of drug-likeness (QED) is 0.159. The predicted molar refractivity (Wildman–Crippen MR) is 190 cm³/mol. The number of carbonyl (C=O) groups is 2. The van der Waals surface area contributed by atoms with Gasteiger partial charge in [-0.05, 0) is 53.8 Å². The normalized spacial score (nSPS) is 15.2. The molecule has 3 amide bonds. The third kappa shape index (κ3) is 7.67. The van der Waals surface area contributed by atoms with Crippen LogP contribution in [0.1, 0.15) is 31.9 Å². The molecule has 1 aliphatic heterocycles. The third-order valence-corrected chi connectivity index (χ3v) is 8.47. The Kier molecular flexibility index (Phi) is 9.75. The largest absolute Gasteiger partial charge is 0.492 e. The molecule has 1 saturated heterocycles. The molecule has 0 bridgehead atoms. The summed E-state index contributed by atoms with van der Waals surface area (Å²) in [5.41, 5.74) is 4.54. The van der Waals surface area contributed by atoms with E-state index in [2.05, 4.69) is 64.9 Å². The van der Waals surface area contributed by atoms with E-state index < -0.39 is 6.10 Å². The van der Waals surface area contributed by atoms with Crippen molar-refractivity contribution in [1.29, 1.82) is 0 Å². The number of amides is 3. The number of nitrogens with zero attached hydrogens (tertiary/aromatic N) is 3. The first-order valence-electron chi connectivity index (χ1n) is 16.2. The maximum absolute atomic E-state index is 13.3. The molecular weight excluding hydrogens is 604 g/mol. The zero-order valence-electron chi connectivity index (χ0n) is 27.8. The smallest absolute Gasteiger partial charge is 0.324 e. The summed E-state index contributed by atoms with van der Waals surface area (Å²) in [6, 6.07) is 28.7. The topological polar surface area (TPSA) is 110 Å². The highest BCUT2D eigenvalue weighted by atomic mass is 16.5. The number of hydrogen-bond acceptors (Lipinski definition) is 6. The van der Waals surface area contributed by atoms with Crippen LogP contribution in [0, 0.1) is 6.92 Å². The number of nitrogens with one attached hydrogen (secondary N) is 3. The van der Waals surface area contributed by atoms with Crippen molar-refractivity contribution in [3.05, 3.63) is 108 Å². The van der Waals surface area contributed by atoms with Crippen molar-refractivity contribution in [2.24, 2.45) is 0 Å². The molecule has 0 radical (unpaired) electrons. The highest BCUT2D eigenvalue weighted by Gasteiger charge is 2.27. The Morgan fingerprint density at radius 1 is 0.917 bits per heavy atom. The van der Waals surface area contributed by atoms with E-state index in [9.17, 15) is 9.59 Å². The van der Waals surface area contributed by atoms with Crippen LogP contribution in [-0.2, 0) is 14.9 Å². The van der Waals surface area contributed by atoms with Gasteiger partial charge in [0.2, 0.25) is 0 Å². The monoisotopic (exact) mass is 646 g/mol. The number of morpholine rings is 1. The molecule has 5 aromatic rings. The summed E-state index contributed by atoms with van der Waals surface area (Å²) in [7, 11) is 0. The second-order valence-corrected chi connectivity index (χ2v) is 13.0. The van der Waals surface area contributed by atoms with Gasteiger partial charge in [-0.25, -0.2) is 9.48 Å². The van der Waals surface area contributed by atoms with E-state index in [4.69, 9.17) is 9.47 Å². The van der Waals surface area contributed by atoms with E-state index in [-0.39, 0.29) is 17.4 Å². The summed E-state index contributed by atoms with van der Waals surface area (Å²) in [5, 5.41) is 15.2. The molecule has 0 aliphatic carbocycles. The van der Waals surface area contributed by atoms with Gasteiger partial charge in [0.25, 0.3) is 5.91 Å². The van der Waals surface area contributed by atoms with Crippen LogP contribution in [0.5, 0.6) is 5.75 Å². The van der Waals surface area contributed by atoms with Crippen LogP contribution in [0.3, 0.4) is 0 Å². The van der Waals surface area contributed by atoms with Crippen LogP contribution in [0.4, 0.5) is 22.0 Å². The summed E-state index contributed by atoms with van der Waals surface area (Å²) >= 11 is 0. The zero-order valence-corrected chi connectivity index (χ0v) is 27.8. The lowest BCUT2D eigenvalue weighted by molar-refractivity contribution is -0.133. The minimum absolute atomic E-state index is 0.0239. The number of rotatable bonds is 9. The van der Waals surface area contributed by atoms with Crippen molar-refractivity contribution in [3.8, 4) is 11.4 Å². The predicted octanol–water partition coefficient (Wildman–Crippen LogP) is 6.99. The first kappa shape index (κ1) is 32.7. The molecule has 0 saturated carbocycles. The van der Waals surface area contributed by atoms with Crippen molar-refractivity contribution < 1.29 is 19.1 Å². The molecule has 0 spiro atoms. The van der Waals surface area contributed by atoms with Crippen molar-refractivity contribution in [2.75, 3.05) is 48.8 Å². The Morgan fingerprint density at radius 2 is 1.69 bits per heavy atom. The fourth-order valence-corrected chi connectivity index (χ4v) is 5.76. The summed E-state index contributed by atoms with van der Waals surface area (Å²) in [6.45, 7) is 11.3. The standard InChI is InChI=1S/C38H42N6O4/c1-26-14-15-27(38(2,3)4)24-32(26)44-35(18-19-39-44)42-37(46)41-31-16-17-33(30-13-9-8-12-29(30)31)47-22-20-43-21-23-48-34(25-43)36(45)40-28-10-6-5-7-11-28/h5-19,24,34H,20-23,25H2,1-4H3,(H,40,45)(H2,41,42,46). The van der Waals surface area contributed by atoms with Gasteiger partial charge in [-0.1, -0.05) is 75.4 Å². The second kappa shape index (κ2) is 14.3. The third-order valence-electron chi connectivity index (χ3n) is 8.47. The summed E-state index contributed by atoms with van der Waals surface area (Å²) in [4.78, 5) is 28.2. The van der Waals surface area contributed by atoms with Crippen LogP contribution in [0.15, 0.2) is 97.2 Å². The van der Waals surface area contributed by atoms with Gasteiger partial charge in [-0.3, -0.25) is 15.0 Å². The van der Waals surface area contributed by atoms with Gasteiger partial charge in [0.1, 0.15) is 24.3 Å². The van der Waals surface area contributed by atoms with E-state index in [0.29, 0.717) is 37.8 Å². The number of ether oxygens (including phenoxy) is 2. The first-order valence-corrected chi connectivity index (χ1v) is 16.2. The number of aromatic nitrogens is 2. The number of carbonyl (C=O) groups excluding carboxylic acids is 2.